The molecule has 1 saturated carbocycles. The molecule has 3 aliphatic rings. The third-order valence-corrected chi connectivity index (χ3v) is 12.7. The predicted octanol–water partition coefficient (Wildman–Crippen LogP) is 6.88. The smallest absolute Gasteiger partial charge is 0.324 e. The number of cyclic esters (lactones) is 1. The fourth-order valence-corrected chi connectivity index (χ4v) is 9.24. The van der Waals surface area contributed by atoms with Crippen molar-refractivity contribution in [3.8, 4) is 22.5 Å². The van der Waals surface area contributed by atoms with Gasteiger partial charge < -0.3 is 24.1 Å². The first-order valence-corrected chi connectivity index (χ1v) is 20.6. The van der Waals surface area contributed by atoms with Crippen LogP contribution < -0.4 is 10.7 Å². The van der Waals surface area contributed by atoms with E-state index in [1.807, 2.05) is 38.3 Å². The number of hydrogen-bond donors (Lipinski definition) is 2. The molecule has 0 spiro atoms. The van der Waals surface area contributed by atoms with E-state index in [4.69, 9.17) is 24.2 Å². The van der Waals surface area contributed by atoms with E-state index < -0.39 is 48.5 Å². The van der Waals surface area contributed by atoms with Gasteiger partial charge in [-0.15, -0.1) is 11.3 Å². The number of rotatable bonds is 9. The molecule has 2 fully saturated rings. The number of alkyl halides is 2. The van der Waals surface area contributed by atoms with Crippen molar-refractivity contribution >= 4 is 40.0 Å². The van der Waals surface area contributed by atoms with Gasteiger partial charge in [-0.25, -0.2) is 19.2 Å². The second-order valence-electron chi connectivity index (χ2n) is 16.3. The fourth-order valence-electron chi connectivity index (χ4n) is 8.33. The molecule has 3 aromatic heterocycles. The van der Waals surface area contributed by atoms with Crippen molar-refractivity contribution in [2.75, 3.05) is 26.9 Å². The van der Waals surface area contributed by atoms with Gasteiger partial charge in [0, 0.05) is 65.1 Å². The number of thiazole rings is 1. The van der Waals surface area contributed by atoms with E-state index in [9.17, 15) is 23.2 Å². The van der Waals surface area contributed by atoms with Crippen LogP contribution in [-0.2, 0) is 41.6 Å². The number of nitrogens with one attached hydrogen (secondary N) is 2. The Balaban J connectivity index is 1.40. The van der Waals surface area contributed by atoms with Crippen LogP contribution in [0.1, 0.15) is 82.9 Å². The largest absolute Gasteiger partial charge is 0.464 e. The second-order valence-corrected chi connectivity index (χ2v) is 17.2. The lowest BCUT2D eigenvalue weighted by atomic mass is 9.84. The molecule has 306 valence electrons. The van der Waals surface area contributed by atoms with Gasteiger partial charge >= 0.3 is 5.97 Å². The van der Waals surface area contributed by atoms with Crippen molar-refractivity contribution in [1.29, 1.82) is 0 Å². The first-order valence-electron chi connectivity index (χ1n) is 19.8. The van der Waals surface area contributed by atoms with Crippen LogP contribution in [0.3, 0.4) is 0 Å². The standard InChI is InChI=1S/C42H52F2N6O6S/c1-8-49-31-14-13-25-17-27(31)28(36(49)26-11-9-15-45-34(26)24(4)54-7)18-42(5,6)21-56-41(53)29-12-10-16-50(48-29)40(52)35(47-38(51)33-22(2)23(33)3)37(55-19-32(43)44)39-46-30(25)20-57-39/h9,11,13-15,17,20,22-24,29,32-33,35,37,48H,8,10,12,16,18-19,21H2,1-7H3,(H,47,51)/t22-,23+,24-,29-,33?,35-,37-/m0/s1. The van der Waals surface area contributed by atoms with Gasteiger partial charge in [-0.1, -0.05) is 33.8 Å². The average molecular weight is 807 g/mol. The molecule has 57 heavy (non-hydrogen) atoms. The highest BCUT2D eigenvalue weighted by molar-refractivity contribution is 7.10. The van der Waals surface area contributed by atoms with Gasteiger partial charge in [0.25, 0.3) is 12.3 Å². The minimum atomic E-state index is -2.84. The Hall–Kier alpha value is -4.31. The highest BCUT2D eigenvalue weighted by Gasteiger charge is 2.50. The Kier molecular flexibility index (Phi) is 11.8. The zero-order valence-electron chi connectivity index (χ0n) is 33.5. The average Bonchev–Trinajstić information content (AvgIpc) is 3.49. The number of amides is 2. The van der Waals surface area contributed by atoms with E-state index in [1.54, 1.807) is 13.3 Å². The van der Waals surface area contributed by atoms with E-state index in [-0.39, 0.29) is 47.9 Å². The molecule has 12 nitrogen and oxygen atoms in total. The Morgan fingerprint density at radius 2 is 1.96 bits per heavy atom. The first kappa shape index (κ1) is 40.9. The van der Waals surface area contributed by atoms with Gasteiger partial charge in [0.1, 0.15) is 29.8 Å². The number of esters is 1. The first-order chi connectivity index (χ1) is 27.2. The Bertz CT molecular complexity index is 2130. The number of carbonyl (C=O) groups excluding carboxylic acids is 3. The zero-order chi connectivity index (χ0) is 40.8. The second kappa shape index (κ2) is 16.5. The van der Waals surface area contributed by atoms with Gasteiger partial charge in [-0.05, 0) is 74.8 Å². The van der Waals surface area contributed by atoms with Crippen molar-refractivity contribution < 1.29 is 37.4 Å². The fraction of sp³-hybridized carbons (Fsp3) is 0.548. The number of pyridine rings is 1. The molecular weight excluding hydrogens is 755 g/mol. The number of aromatic nitrogens is 3. The van der Waals surface area contributed by atoms with Crippen LogP contribution in [0.4, 0.5) is 8.78 Å². The van der Waals surface area contributed by atoms with Gasteiger partial charge in [0.2, 0.25) is 5.91 Å². The maximum atomic E-state index is 14.5. The van der Waals surface area contributed by atoms with Crippen LogP contribution in [0.2, 0.25) is 0 Å². The lowest BCUT2D eigenvalue weighted by Gasteiger charge is -2.37. The van der Waals surface area contributed by atoms with Gasteiger partial charge in [0.15, 0.2) is 0 Å². The minimum Gasteiger partial charge on any atom is -0.464 e. The van der Waals surface area contributed by atoms with E-state index in [1.165, 1.54) is 16.3 Å². The number of methoxy groups -OCH3 is 1. The Morgan fingerprint density at radius 3 is 2.67 bits per heavy atom. The molecular formula is C42H52F2N6O6S. The van der Waals surface area contributed by atoms with Gasteiger partial charge in [-0.2, -0.15) is 0 Å². The molecule has 1 aromatic carbocycles. The Morgan fingerprint density at radius 1 is 1.19 bits per heavy atom. The van der Waals surface area contributed by atoms with Crippen LogP contribution >= 0.6 is 11.3 Å². The summed E-state index contributed by atoms with van der Waals surface area (Å²) in [5.41, 5.74) is 8.60. The van der Waals surface area contributed by atoms with Crippen LogP contribution in [0.15, 0.2) is 41.9 Å². The Labute approximate surface area is 335 Å². The molecule has 1 aliphatic carbocycles. The zero-order valence-corrected chi connectivity index (χ0v) is 34.3. The summed E-state index contributed by atoms with van der Waals surface area (Å²) in [6.07, 6.45) is -1.29. The third-order valence-electron chi connectivity index (χ3n) is 11.8. The summed E-state index contributed by atoms with van der Waals surface area (Å²) in [6.45, 7) is 12.1. The molecule has 1 saturated heterocycles. The van der Waals surface area contributed by atoms with Crippen LogP contribution in [0.5, 0.6) is 0 Å². The summed E-state index contributed by atoms with van der Waals surface area (Å²) in [5, 5.41) is 7.21. The molecule has 1 unspecified atom stereocenters. The van der Waals surface area contributed by atoms with Crippen molar-refractivity contribution in [1.82, 2.24) is 30.3 Å². The van der Waals surface area contributed by atoms with Crippen LogP contribution in [-0.4, -0.2) is 82.7 Å². The molecule has 2 amide bonds. The monoisotopic (exact) mass is 806 g/mol. The summed E-state index contributed by atoms with van der Waals surface area (Å²) in [7, 11) is 1.66. The summed E-state index contributed by atoms with van der Waals surface area (Å²) in [4.78, 5) is 51.5. The number of benzene rings is 1. The highest BCUT2D eigenvalue weighted by Crippen LogP contribution is 2.46. The summed E-state index contributed by atoms with van der Waals surface area (Å²) >= 11 is 1.18. The molecule has 0 radical (unpaired) electrons. The number of ether oxygens (including phenoxy) is 3. The van der Waals surface area contributed by atoms with Gasteiger partial charge in [0.05, 0.1) is 29.8 Å². The minimum absolute atomic E-state index is 0.0961. The SMILES string of the molecule is CCn1c(-c2cccnc2[C@H](C)OC)c2c3cc(ccc31)-c1csc(n1)[C@@H](OCC(F)F)[C@H](NC(=O)C1[C@@H](C)[C@H]1C)C(=O)N1CCC[C@H](N1)C(=O)OCC(C)(C)C2. The van der Waals surface area contributed by atoms with Gasteiger partial charge in [-0.3, -0.25) is 24.4 Å². The molecule has 2 N–H and O–H groups in total. The molecule has 5 heterocycles. The third kappa shape index (κ3) is 8.21. The summed E-state index contributed by atoms with van der Waals surface area (Å²) in [6, 6.07) is 7.82. The summed E-state index contributed by atoms with van der Waals surface area (Å²) in [5.74, 6) is -1.64. The highest BCUT2D eigenvalue weighted by atomic mass is 32.1. The predicted molar refractivity (Wildman–Crippen MR) is 212 cm³/mol. The molecule has 15 heteroatoms. The number of fused-ring (bicyclic) bond motifs is 6. The topological polar surface area (TPSA) is 137 Å². The number of carbonyl (C=O) groups is 3. The molecule has 7 atom stereocenters. The van der Waals surface area contributed by atoms with Crippen molar-refractivity contribution in [2.45, 2.75) is 98.1 Å². The van der Waals surface area contributed by atoms with Crippen molar-refractivity contribution in [3.63, 3.8) is 0 Å². The maximum Gasteiger partial charge on any atom is 0.324 e. The number of hydrogen-bond acceptors (Lipinski definition) is 10. The lowest BCUT2D eigenvalue weighted by Crippen LogP contribution is -2.61. The number of nitrogens with zero attached hydrogens (tertiary/aromatic N) is 4. The number of hydrazine groups is 1. The molecule has 7 rings (SSSR count). The molecule has 4 aromatic rings. The molecule has 2 aliphatic heterocycles. The van der Waals surface area contributed by atoms with E-state index in [0.717, 1.165) is 39.0 Å². The lowest BCUT2D eigenvalue weighted by molar-refractivity contribution is -0.157. The number of aryl methyl sites for hydroxylation is 1. The summed E-state index contributed by atoms with van der Waals surface area (Å²) < 4.78 is 47.6. The van der Waals surface area contributed by atoms with E-state index >= 15 is 0 Å². The number of halogens is 2. The van der Waals surface area contributed by atoms with E-state index in [0.29, 0.717) is 31.5 Å². The van der Waals surface area contributed by atoms with Crippen molar-refractivity contribution in [2.24, 2.45) is 23.2 Å². The van der Waals surface area contributed by atoms with Crippen LogP contribution in [0.25, 0.3) is 33.4 Å². The molecule has 6 bridgehead atoms. The van der Waals surface area contributed by atoms with E-state index in [2.05, 4.69) is 54.3 Å². The normalized spacial score (nSPS) is 25.6. The quantitative estimate of drug-likeness (QED) is 0.174. The van der Waals surface area contributed by atoms with Crippen LogP contribution in [0, 0.1) is 23.2 Å². The maximum absolute atomic E-state index is 14.5. The van der Waals surface area contributed by atoms with Crippen molar-refractivity contribution in [3.05, 3.63) is 58.2 Å².